The zero-order chi connectivity index (χ0) is 16.7. The van der Waals surface area contributed by atoms with Crippen LogP contribution in [0.5, 0.6) is 0 Å². The quantitative estimate of drug-likeness (QED) is 0.620. The molecule has 0 aliphatic rings. The Kier molecular flexibility index (Phi) is 5.99. The second-order valence-corrected chi connectivity index (χ2v) is 5.46. The number of hydrazone groups is 1. The molecule has 0 unspecified atom stereocenters. The maximum Gasteiger partial charge on any atom is 0.259 e. The van der Waals surface area contributed by atoms with Gasteiger partial charge in [0.15, 0.2) is 0 Å². The lowest BCUT2D eigenvalue weighted by molar-refractivity contribution is -0.120. The molecule has 118 valence electrons. The van der Waals surface area contributed by atoms with Crippen molar-refractivity contribution >= 4 is 34.0 Å². The van der Waals surface area contributed by atoms with Gasteiger partial charge >= 0.3 is 0 Å². The zero-order valence-electron chi connectivity index (χ0n) is 11.9. The Bertz CT molecular complexity index is 750. The number of hydrogen-bond donors (Lipinski definition) is 2. The minimum Gasteiger partial charge on any atom is -0.343 e. The van der Waals surface area contributed by atoms with Crippen LogP contribution in [0, 0.1) is 5.82 Å². The number of halogens is 2. The Balaban J connectivity index is 1.80. The summed E-state index contributed by atoms with van der Waals surface area (Å²) in [6.45, 7) is -0.259. The predicted molar refractivity (Wildman–Crippen MR) is 88.6 cm³/mol. The van der Waals surface area contributed by atoms with E-state index >= 15 is 0 Å². The van der Waals surface area contributed by atoms with E-state index in [1.807, 2.05) is 24.3 Å². The Morgan fingerprint density at radius 2 is 1.96 bits per heavy atom. The standard InChI is InChI=1S/C16H13BrFN3O2/c17-13-5-1-3-11(7-13)9-20-21-15(22)10-19-16(23)12-4-2-6-14(18)8-12/h1-9H,10H2,(H,19,23)(H,21,22). The smallest absolute Gasteiger partial charge is 0.259 e. The number of nitrogens with zero attached hydrogens (tertiary/aromatic N) is 1. The van der Waals surface area contributed by atoms with Crippen molar-refractivity contribution < 1.29 is 14.0 Å². The van der Waals surface area contributed by atoms with Crippen molar-refractivity contribution in [3.8, 4) is 0 Å². The highest BCUT2D eigenvalue weighted by atomic mass is 79.9. The summed E-state index contributed by atoms with van der Waals surface area (Å²) in [5.41, 5.74) is 3.25. The normalized spacial score (nSPS) is 10.5. The van der Waals surface area contributed by atoms with E-state index in [1.165, 1.54) is 24.4 Å². The van der Waals surface area contributed by atoms with E-state index in [1.54, 1.807) is 0 Å². The Morgan fingerprint density at radius 3 is 2.70 bits per heavy atom. The molecule has 7 heteroatoms. The van der Waals surface area contributed by atoms with Gasteiger partial charge in [0.05, 0.1) is 12.8 Å². The van der Waals surface area contributed by atoms with E-state index in [2.05, 4.69) is 31.8 Å². The van der Waals surface area contributed by atoms with Gasteiger partial charge in [-0.2, -0.15) is 5.10 Å². The molecule has 5 nitrogen and oxygen atoms in total. The molecule has 0 radical (unpaired) electrons. The minimum absolute atomic E-state index is 0.149. The minimum atomic E-state index is -0.532. The van der Waals surface area contributed by atoms with Crippen molar-refractivity contribution in [3.63, 3.8) is 0 Å². The highest BCUT2D eigenvalue weighted by molar-refractivity contribution is 9.10. The highest BCUT2D eigenvalue weighted by Crippen LogP contribution is 2.09. The summed E-state index contributed by atoms with van der Waals surface area (Å²) in [4.78, 5) is 23.3. The van der Waals surface area contributed by atoms with Crippen molar-refractivity contribution in [3.05, 3.63) is 69.9 Å². The van der Waals surface area contributed by atoms with Gasteiger partial charge in [-0.1, -0.05) is 34.1 Å². The van der Waals surface area contributed by atoms with Crippen LogP contribution in [-0.4, -0.2) is 24.6 Å². The lowest BCUT2D eigenvalue weighted by Gasteiger charge is -2.04. The molecular formula is C16H13BrFN3O2. The molecule has 2 N–H and O–H groups in total. The molecule has 0 aliphatic carbocycles. The van der Waals surface area contributed by atoms with Gasteiger partial charge in [0, 0.05) is 10.0 Å². The van der Waals surface area contributed by atoms with Gasteiger partial charge in [-0.15, -0.1) is 0 Å². The van der Waals surface area contributed by atoms with Crippen LogP contribution in [0.1, 0.15) is 15.9 Å². The third kappa shape index (κ3) is 5.63. The molecule has 0 heterocycles. The molecule has 2 amide bonds. The average Bonchev–Trinajstić information content (AvgIpc) is 2.52. The summed E-state index contributed by atoms with van der Waals surface area (Å²) in [7, 11) is 0. The summed E-state index contributed by atoms with van der Waals surface area (Å²) < 4.78 is 13.9. The molecule has 0 saturated carbocycles. The van der Waals surface area contributed by atoms with Gasteiger partial charge < -0.3 is 5.32 Å². The molecule has 2 aromatic rings. The van der Waals surface area contributed by atoms with E-state index in [0.717, 1.165) is 16.1 Å². The van der Waals surface area contributed by atoms with E-state index in [9.17, 15) is 14.0 Å². The largest absolute Gasteiger partial charge is 0.343 e. The second kappa shape index (κ2) is 8.19. The number of rotatable bonds is 5. The molecule has 0 bridgehead atoms. The molecule has 0 saturated heterocycles. The lowest BCUT2D eigenvalue weighted by atomic mass is 10.2. The number of benzene rings is 2. The van der Waals surface area contributed by atoms with Gasteiger partial charge in [-0.05, 0) is 35.9 Å². The van der Waals surface area contributed by atoms with Gasteiger partial charge in [-0.25, -0.2) is 9.82 Å². The SMILES string of the molecule is O=C(CNC(=O)c1cccc(F)c1)NN=Cc1cccc(Br)c1. The summed E-state index contributed by atoms with van der Waals surface area (Å²) in [6, 6.07) is 12.6. The third-order valence-electron chi connectivity index (χ3n) is 2.75. The topological polar surface area (TPSA) is 70.6 Å². The number of hydrogen-bond acceptors (Lipinski definition) is 3. The first-order chi connectivity index (χ1) is 11.0. The number of carbonyl (C=O) groups is 2. The van der Waals surface area contributed by atoms with Crippen LogP contribution in [0.3, 0.4) is 0 Å². The Morgan fingerprint density at radius 1 is 1.17 bits per heavy atom. The maximum absolute atomic E-state index is 13.0. The fourth-order valence-electron chi connectivity index (χ4n) is 1.70. The second-order valence-electron chi connectivity index (χ2n) is 4.54. The van der Waals surface area contributed by atoms with Crippen LogP contribution >= 0.6 is 15.9 Å². The molecule has 0 aliphatic heterocycles. The monoisotopic (exact) mass is 377 g/mol. The summed E-state index contributed by atoms with van der Waals surface area (Å²) in [5.74, 6) is -1.53. The fraction of sp³-hybridized carbons (Fsp3) is 0.0625. The van der Waals surface area contributed by atoms with Gasteiger partial charge in [-0.3, -0.25) is 9.59 Å². The van der Waals surface area contributed by atoms with Crippen molar-refractivity contribution in [2.45, 2.75) is 0 Å². The van der Waals surface area contributed by atoms with Crippen molar-refractivity contribution in [2.75, 3.05) is 6.54 Å². The number of amides is 2. The predicted octanol–water partition coefficient (Wildman–Crippen LogP) is 2.47. The van der Waals surface area contributed by atoms with Crippen molar-refractivity contribution in [1.82, 2.24) is 10.7 Å². The van der Waals surface area contributed by atoms with Crippen LogP contribution < -0.4 is 10.7 Å². The van der Waals surface area contributed by atoms with E-state index in [0.29, 0.717) is 0 Å². The first-order valence-electron chi connectivity index (χ1n) is 6.66. The maximum atomic E-state index is 13.0. The van der Waals surface area contributed by atoms with Crippen LogP contribution in [0.25, 0.3) is 0 Å². The molecule has 0 fully saturated rings. The van der Waals surface area contributed by atoms with Gasteiger partial charge in [0.2, 0.25) is 0 Å². The Hall–Kier alpha value is -2.54. The average molecular weight is 378 g/mol. The first-order valence-corrected chi connectivity index (χ1v) is 7.45. The molecule has 2 rings (SSSR count). The summed E-state index contributed by atoms with van der Waals surface area (Å²) in [5, 5.41) is 6.18. The summed E-state index contributed by atoms with van der Waals surface area (Å²) >= 11 is 3.33. The van der Waals surface area contributed by atoms with Crippen LogP contribution in [0.4, 0.5) is 4.39 Å². The van der Waals surface area contributed by atoms with Crippen LogP contribution in [0.2, 0.25) is 0 Å². The van der Waals surface area contributed by atoms with Crippen LogP contribution in [0.15, 0.2) is 58.1 Å². The van der Waals surface area contributed by atoms with Crippen molar-refractivity contribution in [1.29, 1.82) is 0 Å². The fourth-order valence-corrected chi connectivity index (χ4v) is 2.11. The molecule has 23 heavy (non-hydrogen) atoms. The Labute approximate surface area is 140 Å². The van der Waals surface area contributed by atoms with E-state index in [4.69, 9.17) is 0 Å². The molecule has 0 atom stereocenters. The lowest BCUT2D eigenvalue weighted by Crippen LogP contribution is -2.34. The van der Waals surface area contributed by atoms with E-state index < -0.39 is 17.6 Å². The van der Waals surface area contributed by atoms with Gasteiger partial charge in [0.1, 0.15) is 5.82 Å². The highest BCUT2D eigenvalue weighted by Gasteiger charge is 2.08. The summed E-state index contributed by atoms with van der Waals surface area (Å²) in [6.07, 6.45) is 1.48. The molecule has 0 spiro atoms. The third-order valence-corrected chi connectivity index (χ3v) is 3.24. The molecule has 0 aromatic heterocycles. The first kappa shape index (κ1) is 16.8. The van der Waals surface area contributed by atoms with E-state index in [-0.39, 0.29) is 12.1 Å². The number of carbonyl (C=O) groups excluding carboxylic acids is 2. The molecule has 2 aromatic carbocycles. The van der Waals surface area contributed by atoms with Crippen molar-refractivity contribution in [2.24, 2.45) is 5.10 Å². The molecular weight excluding hydrogens is 365 g/mol. The zero-order valence-corrected chi connectivity index (χ0v) is 13.5. The van der Waals surface area contributed by atoms with Crippen LogP contribution in [-0.2, 0) is 4.79 Å². The van der Waals surface area contributed by atoms with Gasteiger partial charge in [0.25, 0.3) is 11.8 Å². The number of nitrogens with one attached hydrogen (secondary N) is 2.